The van der Waals surface area contributed by atoms with Gasteiger partial charge < -0.3 is 14.7 Å². The maximum atomic E-state index is 13.4. The van der Waals surface area contributed by atoms with E-state index in [4.69, 9.17) is 9.84 Å². The lowest BCUT2D eigenvalue weighted by Gasteiger charge is -2.36. The van der Waals surface area contributed by atoms with Crippen LogP contribution in [0.3, 0.4) is 0 Å². The molecule has 0 aromatic heterocycles. The Balaban J connectivity index is 1.45. The Hall–Kier alpha value is -2.54. The van der Waals surface area contributed by atoms with Gasteiger partial charge in [-0.05, 0) is 73.6 Å². The number of aliphatic carboxylic acids is 1. The molecule has 184 valence electrons. The molecule has 5 nitrogen and oxygen atoms in total. The van der Waals surface area contributed by atoms with Crippen LogP contribution >= 0.6 is 11.8 Å². The molecule has 2 unspecified atom stereocenters. The van der Waals surface area contributed by atoms with Crippen LogP contribution in [0.25, 0.3) is 0 Å². The summed E-state index contributed by atoms with van der Waals surface area (Å²) >= 11 is 1.73. The van der Waals surface area contributed by atoms with E-state index >= 15 is 0 Å². The zero-order valence-corrected chi connectivity index (χ0v) is 20.6. The minimum Gasteiger partial charge on any atom is -0.481 e. The highest BCUT2D eigenvalue weighted by molar-refractivity contribution is 7.99. The first-order valence-electron chi connectivity index (χ1n) is 12.0. The number of rotatable bonds is 13. The van der Waals surface area contributed by atoms with Gasteiger partial charge in [-0.3, -0.25) is 9.59 Å². The van der Waals surface area contributed by atoms with Crippen molar-refractivity contribution in [2.45, 2.75) is 57.9 Å². The smallest absolute Gasteiger partial charge is 0.303 e. The molecule has 1 N–H and O–H groups in total. The zero-order chi connectivity index (χ0) is 24.3. The molecule has 1 amide bonds. The summed E-state index contributed by atoms with van der Waals surface area (Å²) in [6.07, 6.45) is 5.61. The molecule has 2 aromatic rings. The first-order valence-corrected chi connectivity index (χ1v) is 13.2. The van der Waals surface area contributed by atoms with Gasteiger partial charge in [-0.15, -0.1) is 0 Å². The van der Waals surface area contributed by atoms with E-state index in [0.717, 1.165) is 55.7 Å². The van der Waals surface area contributed by atoms with E-state index in [9.17, 15) is 14.0 Å². The number of carboxylic acid groups (broad SMARTS) is 1. The lowest BCUT2D eigenvalue weighted by atomic mass is 9.95. The minimum atomic E-state index is -0.759. The van der Waals surface area contributed by atoms with Crippen molar-refractivity contribution in [2.24, 2.45) is 5.92 Å². The molecule has 3 rings (SSSR count). The van der Waals surface area contributed by atoms with Gasteiger partial charge in [0.25, 0.3) is 0 Å². The number of aryl methyl sites for hydroxylation is 1. The first-order chi connectivity index (χ1) is 16.4. The molecule has 7 heteroatoms. The second-order valence-electron chi connectivity index (χ2n) is 9.01. The first kappa shape index (κ1) is 26.1. The average molecular weight is 488 g/mol. The number of hydrogen-bond acceptors (Lipinski definition) is 4. The van der Waals surface area contributed by atoms with Crippen LogP contribution in [0.1, 0.15) is 51.0 Å². The third kappa shape index (κ3) is 8.67. The molecular formula is C27H34FNO4S. The van der Waals surface area contributed by atoms with Crippen molar-refractivity contribution in [3.63, 3.8) is 0 Å². The predicted molar refractivity (Wildman–Crippen MR) is 134 cm³/mol. The maximum Gasteiger partial charge on any atom is 0.303 e. The summed E-state index contributed by atoms with van der Waals surface area (Å²) in [7, 11) is 0. The Kier molecular flexibility index (Phi) is 10.3. The number of thioether (sulfide) groups is 1. The van der Waals surface area contributed by atoms with Crippen molar-refractivity contribution in [3.05, 3.63) is 59.9 Å². The molecule has 2 aromatic carbocycles. The van der Waals surface area contributed by atoms with Crippen molar-refractivity contribution in [1.82, 2.24) is 4.90 Å². The van der Waals surface area contributed by atoms with Crippen LogP contribution in [0.15, 0.2) is 48.5 Å². The summed E-state index contributed by atoms with van der Waals surface area (Å²) in [5, 5.41) is 8.89. The SMILES string of the molecule is CC(CSCCN1C(=O)CCCC1CCCc1cccc(Oc2cccc(F)c2)c1)CC(=O)O. The Bertz CT molecular complexity index is 954. The number of halogens is 1. The van der Waals surface area contributed by atoms with Crippen molar-refractivity contribution in [3.8, 4) is 11.5 Å². The largest absolute Gasteiger partial charge is 0.481 e. The Labute approximate surface area is 205 Å². The van der Waals surface area contributed by atoms with E-state index < -0.39 is 5.97 Å². The van der Waals surface area contributed by atoms with E-state index in [-0.39, 0.29) is 30.1 Å². The number of likely N-dealkylation sites (tertiary alicyclic amines) is 1. The molecule has 0 saturated carbocycles. The summed E-state index contributed by atoms with van der Waals surface area (Å²) in [6.45, 7) is 2.68. The monoisotopic (exact) mass is 487 g/mol. The standard InChI is InChI=1S/C27H34FNO4S/c1-20(16-27(31)32)19-34-15-14-29-23(10-5-13-26(29)30)9-2-6-21-7-3-11-24(17-21)33-25-12-4-8-22(28)18-25/h3-4,7-8,11-12,17-18,20,23H,2,5-6,9-10,13-16,19H2,1H3,(H,31,32). The summed E-state index contributed by atoms with van der Waals surface area (Å²) < 4.78 is 19.2. The minimum absolute atomic E-state index is 0.135. The highest BCUT2D eigenvalue weighted by Gasteiger charge is 2.27. The summed E-state index contributed by atoms with van der Waals surface area (Å²) in [5.74, 6) is 2.09. The molecule has 2 atom stereocenters. The number of carbonyl (C=O) groups excluding carboxylic acids is 1. The molecule has 0 spiro atoms. The molecule has 1 heterocycles. The van der Waals surface area contributed by atoms with Gasteiger partial charge in [-0.25, -0.2) is 4.39 Å². The molecular weight excluding hydrogens is 453 g/mol. The third-order valence-electron chi connectivity index (χ3n) is 6.02. The van der Waals surface area contributed by atoms with Crippen molar-refractivity contribution in [2.75, 3.05) is 18.1 Å². The van der Waals surface area contributed by atoms with Gasteiger partial charge in [0.2, 0.25) is 5.91 Å². The van der Waals surface area contributed by atoms with Gasteiger partial charge in [0, 0.05) is 37.2 Å². The lowest BCUT2D eigenvalue weighted by molar-refractivity contribution is -0.138. The number of hydrogen-bond donors (Lipinski definition) is 1. The molecule has 0 radical (unpaired) electrons. The van der Waals surface area contributed by atoms with Crippen molar-refractivity contribution < 1.29 is 23.8 Å². The Morgan fingerprint density at radius 1 is 1.24 bits per heavy atom. The average Bonchev–Trinajstić information content (AvgIpc) is 2.78. The van der Waals surface area contributed by atoms with Crippen LogP contribution in [-0.2, 0) is 16.0 Å². The fourth-order valence-corrected chi connectivity index (χ4v) is 5.39. The lowest BCUT2D eigenvalue weighted by Crippen LogP contribution is -2.44. The molecule has 1 saturated heterocycles. The fourth-order valence-electron chi connectivity index (χ4n) is 4.38. The van der Waals surface area contributed by atoms with Crippen molar-refractivity contribution in [1.29, 1.82) is 0 Å². The van der Waals surface area contributed by atoms with E-state index in [1.54, 1.807) is 23.9 Å². The van der Waals surface area contributed by atoms with Gasteiger partial charge in [0.05, 0.1) is 0 Å². The van der Waals surface area contributed by atoms with Gasteiger partial charge in [-0.1, -0.05) is 25.1 Å². The van der Waals surface area contributed by atoms with Crippen LogP contribution in [0.4, 0.5) is 4.39 Å². The van der Waals surface area contributed by atoms with Crippen LogP contribution in [0.2, 0.25) is 0 Å². The van der Waals surface area contributed by atoms with Crippen LogP contribution in [0, 0.1) is 11.7 Å². The fraction of sp³-hybridized carbons (Fsp3) is 0.481. The van der Waals surface area contributed by atoms with E-state index in [1.165, 1.54) is 12.1 Å². The summed E-state index contributed by atoms with van der Waals surface area (Å²) in [5.41, 5.74) is 1.16. The number of carbonyl (C=O) groups is 2. The molecule has 1 aliphatic rings. The third-order valence-corrected chi connectivity index (χ3v) is 7.30. The second-order valence-corrected chi connectivity index (χ2v) is 10.2. The topological polar surface area (TPSA) is 66.8 Å². The number of amides is 1. The molecule has 0 aliphatic carbocycles. The molecule has 34 heavy (non-hydrogen) atoms. The Morgan fingerprint density at radius 2 is 2.00 bits per heavy atom. The number of ether oxygens (including phenoxy) is 1. The predicted octanol–water partition coefficient (Wildman–Crippen LogP) is 6.17. The molecule has 1 aliphatic heterocycles. The molecule has 1 fully saturated rings. The normalized spacial score (nSPS) is 16.9. The molecule has 0 bridgehead atoms. The van der Waals surface area contributed by atoms with E-state index in [2.05, 4.69) is 6.07 Å². The number of nitrogens with zero attached hydrogens (tertiary/aromatic N) is 1. The quantitative estimate of drug-likeness (QED) is 0.343. The summed E-state index contributed by atoms with van der Waals surface area (Å²) in [4.78, 5) is 25.4. The van der Waals surface area contributed by atoms with Crippen LogP contribution in [0.5, 0.6) is 11.5 Å². The van der Waals surface area contributed by atoms with Gasteiger partial charge in [0.1, 0.15) is 17.3 Å². The number of benzene rings is 2. The van der Waals surface area contributed by atoms with E-state index in [1.807, 2.05) is 30.0 Å². The zero-order valence-electron chi connectivity index (χ0n) is 19.7. The van der Waals surface area contributed by atoms with Crippen LogP contribution in [-0.4, -0.2) is 46.0 Å². The van der Waals surface area contributed by atoms with Gasteiger partial charge >= 0.3 is 5.97 Å². The van der Waals surface area contributed by atoms with Gasteiger partial charge in [0.15, 0.2) is 0 Å². The number of piperidine rings is 1. The second kappa shape index (κ2) is 13.4. The highest BCUT2D eigenvalue weighted by atomic mass is 32.2. The summed E-state index contributed by atoms with van der Waals surface area (Å²) in [6, 6.07) is 14.3. The van der Waals surface area contributed by atoms with Crippen LogP contribution < -0.4 is 4.74 Å². The van der Waals surface area contributed by atoms with E-state index in [0.29, 0.717) is 17.9 Å². The number of carboxylic acids is 1. The highest BCUT2D eigenvalue weighted by Crippen LogP contribution is 2.26. The van der Waals surface area contributed by atoms with Crippen molar-refractivity contribution >= 4 is 23.6 Å². The Morgan fingerprint density at radius 3 is 2.76 bits per heavy atom. The van der Waals surface area contributed by atoms with Gasteiger partial charge in [-0.2, -0.15) is 11.8 Å². The maximum absolute atomic E-state index is 13.4.